The lowest BCUT2D eigenvalue weighted by molar-refractivity contribution is -0.139. The van der Waals surface area contributed by atoms with E-state index in [0.29, 0.717) is 25.3 Å². The van der Waals surface area contributed by atoms with Crippen LogP contribution in [0.5, 0.6) is 0 Å². The van der Waals surface area contributed by atoms with Crippen molar-refractivity contribution in [3.05, 3.63) is 41.7 Å². The van der Waals surface area contributed by atoms with E-state index in [9.17, 15) is 9.59 Å². The zero-order valence-corrected chi connectivity index (χ0v) is 20.3. The molecule has 1 saturated heterocycles. The Labute approximate surface area is 201 Å². The SMILES string of the molecule is CCC(NC)C(=O)NC(C(=O)N1CCCC1c1nnn(Cc2ccccc2)n1)C1CCCCC1. The normalized spacial score (nSPS) is 20.8. The van der Waals surface area contributed by atoms with Crippen molar-refractivity contribution < 1.29 is 9.59 Å². The zero-order chi connectivity index (χ0) is 23.9. The number of likely N-dealkylation sites (N-methyl/N-ethyl adjacent to an activating group) is 1. The number of carbonyl (C=O) groups is 2. The van der Waals surface area contributed by atoms with Crippen molar-refractivity contribution in [1.29, 1.82) is 0 Å². The standard InChI is InChI=1S/C25H37N7O2/c1-3-20(26-2)24(33)27-22(19-13-8-5-9-14-19)25(34)31-16-10-15-21(31)23-28-30-32(29-23)17-18-11-6-4-7-12-18/h4,6-7,11-12,19-22,26H,3,5,8-10,13-17H2,1-2H3,(H,27,33). The molecule has 9 nitrogen and oxygen atoms in total. The first kappa shape index (κ1) is 24.3. The Morgan fingerprint density at radius 1 is 1.09 bits per heavy atom. The second-order valence-corrected chi connectivity index (χ2v) is 9.49. The molecule has 0 radical (unpaired) electrons. The molecule has 2 N–H and O–H groups in total. The summed E-state index contributed by atoms with van der Waals surface area (Å²) in [6.07, 6.45) is 7.72. The summed E-state index contributed by atoms with van der Waals surface area (Å²) in [6.45, 7) is 3.16. The molecule has 1 aliphatic heterocycles. The lowest BCUT2D eigenvalue weighted by Gasteiger charge is -2.35. The highest BCUT2D eigenvalue weighted by Gasteiger charge is 2.40. The summed E-state index contributed by atoms with van der Waals surface area (Å²) in [6, 6.07) is 9.01. The highest BCUT2D eigenvalue weighted by molar-refractivity contribution is 5.90. The number of tetrazole rings is 1. The molecule has 1 saturated carbocycles. The second-order valence-electron chi connectivity index (χ2n) is 9.49. The number of likely N-dealkylation sites (tertiary alicyclic amines) is 1. The van der Waals surface area contributed by atoms with E-state index < -0.39 is 6.04 Å². The molecule has 0 bridgehead atoms. The van der Waals surface area contributed by atoms with Gasteiger partial charge in [-0.05, 0) is 55.8 Å². The van der Waals surface area contributed by atoms with Crippen molar-refractivity contribution in [3.8, 4) is 0 Å². The molecule has 2 aromatic rings. The van der Waals surface area contributed by atoms with Crippen LogP contribution < -0.4 is 10.6 Å². The number of nitrogens with zero attached hydrogens (tertiary/aromatic N) is 5. The molecular weight excluding hydrogens is 430 g/mol. The summed E-state index contributed by atoms with van der Waals surface area (Å²) in [7, 11) is 1.78. The molecule has 2 fully saturated rings. The number of aromatic nitrogens is 4. The largest absolute Gasteiger partial charge is 0.343 e. The Bertz CT molecular complexity index is 938. The quantitative estimate of drug-likeness (QED) is 0.587. The van der Waals surface area contributed by atoms with Gasteiger partial charge in [0.1, 0.15) is 6.04 Å². The van der Waals surface area contributed by atoms with E-state index in [1.807, 2.05) is 42.2 Å². The van der Waals surface area contributed by atoms with E-state index >= 15 is 0 Å². The minimum atomic E-state index is -0.504. The van der Waals surface area contributed by atoms with Crippen LogP contribution in [-0.2, 0) is 16.1 Å². The van der Waals surface area contributed by atoms with Gasteiger partial charge in [-0.2, -0.15) is 4.80 Å². The van der Waals surface area contributed by atoms with Crippen LogP contribution >= 0.6 is 0 Å². The van der Waals surface area contributed by atoms with Crippen LogP contribution in [0.2, 0.25) is 0 Å². The fourth-order valence-corrected chi connectivity index (χ4v) is 5.30. The maximum Gasteiger partial charge on any atom is 0.246 e. The highest BCUT2D eigenvalue weighted by Crippen LogP contribution is 2.33. The second kappa shape index (κ2) is 11.6. The van der Waals surface area contributed by atoms with Gasteiger partial charge in [-0.15, -0.1) is 10.2 Å². The minimum Gasteiger partial charge on any atom is -0.343 e. The molecular formula is C25H37N7O2. The smallest absolute Gasteiger partial charge is 0.246 e. The third kappa shape index (κ3) is 5.63. The molecule has 1 aliphatic carbocycles. The number of benzene rings is 1. The molecule has 4 rings (SSSR count). The third-order valence-corrected chi connectivity index (χ3v) is 7.23. The first-order chi connectivity index (χ1) is 16.6. The number of carbonyl (C=O) groups excluding carboxylic acids is 2. The van der Waals surface area contributed by atoms with E-state index in [4.69, 9.17) is 0 Å². The molecule has 3 atom stereocenters. The predicted octanol–water partition coefficient (Wildman–Crippen LogP) is 2.45. The Kier molecular flexibility index (Phi) is 8.26. The fraction of sp³-hybridized carbons (Fsp3) is 0.640. The van der Waals surface area contributed by atoms with Crippen LogP contribution in [0, 0.1) is 5.92 Å². The lowest BCUT2D eigenvalue weighted by atomic mass is 9.83. The Hall–Kier alpha value is -2.81. The van der Waals surface area contributed by atoms with Crippen molar-refractivity contribution in [2.24, 2.45) is 5.92 Å². The first-order valence-electron chi connectivity index (χ1n) is 12.7. The summed E-state index contributed by atoms with van der Waals surface area (Å²) in [5, 5.41) is 19.3. The molecule has 9 heteroatoms. The van der Waals surface area contributed by atoms with Crippen molar-refractivity contribution >= 4 is 11.8 Å². The van der Waals surface area contributed by atoms with Crippen LogP contribution in [0.15, 0.2) is 30.3 Å². The van der Waals surface area contributed by atoms with Gasteiger partial charge >= 0.3 is 0 Å². The molecule has 184 valence electrons. The van der Waals surface area contributed by atoms with Gasteiger partial charge in [0.25, 0.3) is 0 Å². The number of nitrogens with one attached hydrogen (secondary N) is 2. The van der Waals surface area contributed by atoms with Gasteiger partial charge in [-0.1, -0.05) is 56.5 Å². The summed E-state index contributed by atoms with van der Waals surface area (Å²) in [5.41, 5.74) is 1.10. The molecule has 2 heterocycles. The van der Waals surface area contributed by atoms with Gasteiger partial charge in [0.15, 0.2) is 5.82 Å². The summed E-state index contributed by atoms with van der Waals surface area (Å²) >= 11 is 0. The van der Waals surface area contributed by atoms with Crippen LogP contribution in [0.25, 0.3) is 0 Å². The maximum atomic E-state index is 13.9. The molecule has 34 heavy (non-hydrogen) atoms. The molecule has 0 spiro atoms. The van der Waals surface area contributed by atoms with Crippen LogP contribution in [-0.4, -0.2) is 62.6 Å². The summed E-state index contributed by atoms with van der Waals surface area (Å²) < 4.78 is 0. The fourth-order valence-electron chi connectivity index (χ4n) is 5.30. The van der Waals surface area contributed by atoms with Crippen molar-refractivity contribution in [2.45, 2.75) is 83.0 Å². The van der Waals surface area contributed by atoms with Crippen molar-refractivity contribution in [2.75, 3.05) is 13.6 Å². The Balaban J connectivity index is 1.50. The summed E-state index contributed by atoms with van der Waals surface area (Å²) in [5.74, 6) is 0.643. The van der Waals surface area contributed by atoms with Crippen molar-refractivity contribution in [3.63, 3.8) is 0 Å². The van der Waals surface area contributed by atoms with Gasteiger partial charge in [-0.3, -0.25) is 9.59 Å². The van der Waals surface area contributed by atoms with Gasteiger partial charge in [0, 0.05) is 6.54 Å². The Morgan fingerprint density at radius 2 is 1.85 bits per heavy atom. The van der Waals surface area contributed by atoms with Crippen molar-refractivity contribution in [1.82, 2.24) is 35.7 Å². The monoisotopic (exact) mass is 467 g/mol. The first-order valence-corrected chi connectivity index (χ1v) is 12.7. The van der Waals surface area contributed by atoms with E-state index in [2.05, 4.69) is 26.0 Å². The average Bonchev–Trinajstić information content (AvgIpc) is 3.54. The third-order valence-electron chi connectivity index (χ3n) is 7.23. The molecule has 1 aromatic carbocycles. The molecule has 2 amide bonds. The summed E-state index contributed by atoms with van der Waals surface area (Å²) in [4.78, 5) is 30.3. The number of rotatable bonds is 9. The van der Waals surface area contributed by atoms with Crippen LogP contribution in [0.1, 0.15) is 75.7 Å². The van der Waals surface area contributed by atoms with Gasteiger partial charge in [0.05, 0.1) is 18.6 Å². The molecule has 2 aliphatic rings. The van der Waals surface area contributed by atoms with Gasteiger partial charge in [0.2, 0.25) is 11.8 Å². The topological polar surface area (TPSA) is 105 Å². The highest BCUT2D eigenvalue weighted by atomic mass is 16.2. The predicted molar refractivity (Wildman–Crippen MR) is 129 cm³/mol. The van der Waals surface area contributed by atoms with Gasteiger partial charge in [-0.25, -0.2) is 0 Å². The Morgan fingerprint density at radius 3 is 2.56 bits per heavy atom. The van der Waals surface area contributed by atoms with Gasteiger partial charge < -0.3 is 15.5 Å². The molecule has 1 aromatic heterocycles. The van der Waals surface area contributed by atoms with Crippen LogP contribution in [0.3, 0.4) is 0 Å². The maximum absolute atomic E-state index is 13.9. The van der Waals surface area contributed by atoms with E-state index in [1.54, 1.807) is 11.8 Å². The minimum absolute atomic E-state index is 0.00637. The van der Waals surface area contributed by atoms with E-state index in [1.165, 1.54) is 6.42 Å². The van der Waals surface area contributed by atoms with E-state index in [-0.39, 0.29) is 29.8 Å². The number of amides is 2. The van der Waals surface area contributed by atoms with E-state index in [0.717, 1.165) is 44.1 Å². The molecule has 3 unspecified atom stereocenters. The van der Waals surface area contributed by atoms with Crippen LogP contribution in [0.4, 0.5) is 0 Å². The lowest BCUT2D eigenvalue weighted by Crippen LogP contribution is -2.56. The zero-order valence-electron chi connectivity index (χ0n) is 20.3. The average molecular weight is 468 g/mol. The number of hydrogen-bond acceptors (Lipinski definition) is 6. The number of hydrogen-bond donors (Lipinski definition) is 2.